The van der Waals surface area contributed by atoms with Gasteiger partial charge in [0.2, 0.25) is 5.91 Å². The molecule has 112 valence electrons. The summed E-state index contributed by atoms with van der Waals surface area (Å²) in [4.78, 5) is 24.8. The van der Waals surface area contributed by atoms with Crippen LogP contribution in [0.5, 0.6) is 0 Å². The Bertz CT molecular complexity index is 261. The molecule has 0 fully saturated rings. The summed E-state index contributed by atoms with van der Waals surface area (Å²) < 4.78 is 0. The molecule has 0 aliphatic rings. The van der Waals surface area contributed by atoms with Crippen molar-refractivity contribution in [3.63, 3.8) is 0 Å². The normalized spacial score (nSPS) is 10.8. The lowest BCUT2D eigenvalue weighted by atomic mass is 10.0. The summed E-state index contributed by atoms with van der Waals surface area (Å²) in [6, 6.07) is 0. The van der Waals surface area contributed by atoms with E-state index < -0.39 is 0 Å². The lowest BCUT2D eigenvalue weighted by Gasteiger charge is -2.16. The van der Waals surface area contributed by atoms with Crippen LogP contribution in [0, 0.1) is 5.92 Å². The fourth-order valence-electron chi connectivity index (χ4n) is 2.01. The number of hydrogen-bond donors (Lipinski definition) is 0. The summed E-state index contributed by atoms with van der Waals surface area (Å²) in [7, 11) is 1.84. The molecule has 0 rings (SSSR count). The maximum absolute atomic E-state index is 11.8. The number of amides is 1. The topological polar surface area (TPSA) is 37.4 Å². The molecule has 0 unspecified atom stereocenters. The van der Waals surface area contributed by atoms with E-state index >= 15 is 0 Å². The van der Waals surface area contributed by atoms with E-state index in [9.17, 15) is 9.59 Å². The fraction of sp³-hybridized carbons (Fsp3) is 0.875. The summed E-state index contributed by atoms with van der Waals surface area (Å²) in [5.74, 6) is 1.26. The Morgan fingerprint density at radius 2 is 1.68 bits per heavy atom. The van der Waals surface area contributed by atoms with Crippen LogP contribution < -0.4 is 0 Å². The van der Waals surface area contributed by atoms with Crippen molar-refractivity contribution in [1.82, 2.24) is 4.90 Å². The molecule has 0 bridgehead atoms. The maximum atomic E-state index is 11.8. The first-order valence-corrected chi connectivity index (χ1v) is 7.73. The first-order chi connectivity index (χ1) is 8.97. The molecule has 3 heteroatoms. The number of Topliss-reactive ketones (excluding diaryl/α,β-unsaturated/α-hetero) is 1. The average molecular weight is 269 g/mol. The number of carbonyl (C=O) groups is 2. The molecule has 0 aromatic heterocycles. The lowest BCUT2D eigenvalue weighted by molar-refractivity contribution is -0.130. The van der Waals surface area contributed by atoms with Crippen LogP contribution in [-0.4, -0.2) is 30.2 Å². The van der Waals surface area contributed by atoms with E-state index in [4.69, 9.17) is 0 Å². The summed E-state index contributed by atoms with van der Waals surface area (Å²) >= 11 is 0. The third-order valence-electron chi connectivity index (χ3n) is 3.44. The number of ketones is 1. The predicted molar refractivity (Wildman–Crippen MR) is 80.1 cm³/mol. The molecule has 0 aliphatic heterocycles. The van der Waals surface area contributed by atoms with Gasteiger partial charge in [0, 0.05) is 32.9 Å². The number of rotatable bonds is 11. The summed E-state index contributed by atoms with van der Waals surface area (Å²) in [5.41, 5.74) is 0. The van der Waals surface area contributed by atoms with Gasteiger partial charge in [-0.2, -0.15) is 0 Å². The van der Waals surface area contributed by atoms with Crippen molar-refractivity contribution in [2.75, 3.05) is 13.6 Å². The van der Waals surface area contributed by atoms with Gasteiger partial charge in [-0.05, 0) is 18.8 Å². The zero-order valence-electron chi connectivity index (χ0n) is 13.2. The van der Waals surface area contributed by atoms with E-state index in [1.54, 1.807) is 4.90 Å². The van der Waals surface area contributed by atoms with Gasteiger partial charge in [-0.3, -0.25) is 9.59 Å². The minimum atomic E-state index is 0.216. The largest absolute Gasteiger partial charge is 0.346 e. The van der Waals surface area contributed by atoms with Gasteiger partial charge in [-0.15, -0.1) is 0 Å². The Balaban J connectivity index is 3.56. The second kappa shape index (κ2) is 11.0. The SMILES string of the molecule is CCC(=O)CCCN(C)C(=O)CCCCCC(C)C. The van der Waals surface area contributed by atoms with E-state index in [1.165, 1.54) is 12.8 Å². The lowest BCUT2D eigenvalue weighted by Crippen LogP contribution is -2.27. The highest BCUT2D eigenvalue weighted by Crippen LogP contribution is 2.10. The Labute approximate surface area is 118 Å². The second-order valence-electron chi connectivity index (χ2n) is 5.80. The van der Waals surface area contributed by atoms with Crippen molar-refractivity contribution in [3.8, 4) is 0 Å². The van der Waals surface area contributed by atoms with Crippen LogP contribution in [0.1, 0.15) is 72.1 Å². The van der Waals surface area contributed by atoms with Crippen LogP contribution in [-0.2, 0) is 9.59 Å². The molecule has 0 aliphatic carbocycles. The second-order valence-corrected chi connectivity index (χ2v) is 5.80. The summed E-state index contributed by atoms with van der Waals surface area (Å²) in [6.07, 6.45) is 7.26. The van der Waals surface area contributed by atoms with Crippen molar-refractivity contribution in [2.24, 2.45) is 5.92 Å². The zero-order chi connectivity index (χ0) is 14.7. The molecule has 0 aromatic rings. The fourth-order valence-corrected chi connectivity index (χ4v) is 2.01. The quantitative estimate of drug-likeness (QED) is 0.535. The van der Waals surface area contributed by atoms with E-state index in [2.05, 4.69) is 13.8 Å². The van der Waals surface area contributed by atoms with Crippen molar-refractivity contribution in [2.45, 2.75) is 72.1 Å². The van der Waals surface area contributed by atoms with Crippen LogP contribution in [0.4, 0.5) is 0 Å². The van der Waals surface area contributed by atoms with Gasteiger partial charge in [-0.25, -0.2) is 0 Å². The Morgan fingerprint density at radius 3 is 2.26 bits per heavy atom. The van der Waals surface area contributed by atoms with E-state index in [1.807, 2.05) is 14.0 Å². The van der Waals surface area contributed by atoms with Crippen molar-refractivity contribution in [3.05, 3.63) is 0 Å². The Hall–Kier alpha value is -0.860. The molecule has 0 atom stereocenters. The van der Waals surface area contributed by atoms with Crippen molar-refractivity contribution < 1.29 is 9.59 Å². The standard InChI is InChI=1S/C16H31NO2/c1-5-15(18)11-9-13-17(4)16(19)12-8-6-7-10-14(2)3/h14H,5-13H2,1-4H3. The molecule has 3 nitrogen and oxygen atoms in total. The first kappa shape index (κ1) is 18.1. The Morgan fingerprint density at radius 1 is 1.00 bits per heavy atom. The van der Waals surface area contributed by atoms with E-state index in [0.717, 1.165) is 25.2 Å². The highest BCUT2D eigenvalue weighted by Gasteiger charge is 2.08. The highest BCUT2D eigenvalue weighted by atomic mass is 16.2. The molecule has 0 saturated heterocycles. The van der Waals surface area contributed by atoms with Gasteiger partial charge in [-0.1, -0.05) is 40.0 Å². The van der Waals surface area contributed by atoms with Crippen LogP contribution in [0.3, 0.4) is 0 Å². The third kappa shape index (κ3) is 10.7. The predicted octanol–water partition coefficient (Wildman–Crippen LogP) is 3.81. The number of unbranched alkanes of at least 4 members (excludes halogenated alkanes) is 2. The maximum Gasteiger partial charge on any atom is 0.222 e. The van der Waals surface area contributed by atoms with Gasteiger partial charge in [0.15, 0.2) is 0 Å². The number of nitrogens with zero attached hydrogens (tertiary/aromatic N) is 1. The monoisotopic (exact) mass is 269 g/mol. The molecular formula is C16H31NO2. The molecule has 0 spiro atoms. The van der Waals surface area contributed by atoms with Crippen LogP contribution in [0.2, 0.25) is 0 Å². The van der Waals surface area contributed by atoms with Crippen LogP contribution in [0.15, 0.2) is 0 Å². The van der Waals surface area contributed by atoms with Gasteiger partial charge in [0.05, 0.1) is 0 Å². The summed E-state index contributed by atoms with van der Waals surface area (Å²) in [5, 5.41) is 0. The minimum Gasteiger partial charge on any atom is -0.346 e. The van der Waals surface area contributed by atoms with Crippen LogP contribution in [0.25, 0.3) is 0 Å². The first-order valence-electron chi connectivity index (χ1n) is 7.73. The highest BCUT2D eigenvalue weighted by molar-refractivity contribution is 5.78. The number of carbonyl (C=O) groups excluding carboxylic acids is 2. The molecule has 0 aromatic carbocycles. The molecule has 0 heterocycles. The van der Waals surface area contributed by atoms with Gasteiger partial charge in [0.25, 0.3) is 0 Å². The van der Waals surface area contributed by atoms with E-state index in [-0.39, 0.29) is 11.7 Å². The zero-order valence-corrected chi connectivity index (χ0v) is 13.2. The van der Waals surface area contributed by atoms with Crippen molar-refractivity contribution >= 4 is 11.7 Å². The average Bonchev–Trinajstić information content (AvgIpc) is 2.37. The van der Waals surface area contributed by atoms with E-state index in [0.29, 0.717) is 25.8 Å². The Kier molecular flexibility index (Phi) is 10.5. The van der Waals surface area contributed by atoms with Gasteiger partial charge in [0.1, 0.15) is 5.78 Å². The van der Waals surface area contributed by atoms with Gasteiger partial charge < -0.3 is 4.90 Å². The number of hydrogen-bond acceptors (Lipinski definition) is 2. The molecule has 0 N–H and O–H groups in total. The van der Waals surface area contributed by atoms with Gasteiger partial charge >= 0.3 is 0 Å². The third-order valence-corrected chi connectivity index (χ3v) is 3.44. The molecular weight excluding hydrogens is 238 g/mol. The molecule has 19 heavy (non-hydrogen) atoms. The molecule has 0 saturated carbocycles. The minimum absolute atomic E-state index is 0.216. The molecule has 1 amide bonds. The smallest absolute Gasteiger partial charge is 0.222 e. The van der Waals surface area contributed by atoms with Crippen LogP contribution >= 0.6 is 0 Å². The summed E-state index contributed by atoms with van der Waals surface area (Å²) in [6.45, 7) is 7.05. The molecule has 0 radical (unpaired) electrons. The van der Waals surface area contributed by atoms with Crippen molar-refractivity contribution in [1.29, 1.82) is 0 Å².